The van der Waals surface area contributed by atoms with E-state index in [-0.39, 0.29) is 10.6 Å². The Bertz CT molecular complexity index is 732. The van der Waals surface area contributed by atoms with E-state index in [0.717, 1.165) is 24.2 Å². The smallest absolute Gasteiger partial charge is 0.269 e. The highest BCUT2D eigenvalue weighted by molar-refractivity contribution is 5.53. The quantitative estimate of drug-likeness (QED) is 0.625. The van der Waals surface area contributed by atoms with Gasteiger partial charge in [0.25, 0.3) is 5.69 Å². The van der Waals surface area contributed by atoms with Crippen LogP contribution in [0.5, 0.6) is 0 Å². The van der Waals surface area contributed by atoms with Crippen LogP contribution in [0.2, 0.25) is 0 Å². The van der Waals surface area contributed by atoms with Crippen molar-refractivity contribution >= 4 is 11.4 Å². The van der Waals surface area contributed by atoms with Crippen molar-refractivity contribution in [3.05, 3.63) is 69.3 Å². The molecule has 0 aliphatic carbocycles. The molecule has 0 amide bonds. The van der Waals surface area contributed by atoms with Crippen LogP contribution in [0.15, 0.2) is 42.5 Å². The second-order valence-corrected chi connectivity index (χ2v) is 5.04. The van der Waals surface area contributed by atoms with E-state index in [9.17, 15) is 10.1 Å². The Morgan fingerprint density at radius 3 is 2.57 bits per heavy atom. The van der Waals surface area contributed by atoms with Gasteiger partial charge in [0.2, 0.25) is 0 Å². The Labute approximate surface area is 122 Å². The molecule has 5 nitrogen and oxygen atoms in total. The van der Waals surface area contributed by atoms with E-state index in [1.54, 1.807) is 24.3 Å². The summed E-state index contributed by atoms with van der Waals surface area (Å²) in [6.45, 7) is 1.53. The molecule has 1 heterocycles. The Morgan fingerprint density at radius 2 is 1.90 bits per heavy atom. The predicted molar refractivity (Wildman–Crippen MR) is 79.0 cm³/mol. The van der Waals surface area contributed by atoms with Gasteiger partial charge in [0.05, 0.1) is 16.6 Å². The Balaban J connectivity index is 1.87. The second kappa shape index (κ2) is 5.25. The number of nitrogens with zero attached hydrogens (tertiary/aromatic N) is 3. The molecule has 0 atom stereocenters. The summed E-state index contributed by atoms with van der Waals surface area (Å²) in [5, 5.41) is 19.7. The van der Waals surface area contributed by atoms with E-state index in [1.807, 2.05) is 18.2 Å². The molecular formula is C16H13N3O2. The van der Waals surface area contributed by atoms with Gasteiger partial charge in [-0.2, -0.15) is 5.26 Å². The maximum atomic E-state index is 10.9. The molecule has 5 heteroatoms. The number of nitro benzene ring substituents is 1. The van der Waals surface area contributed by atoms with E-state index in [0.29, 0.717) is 12.1 Å². The highest BCUT2D eigenvalue weighted by Gasteiger charge is 2.19. The lowest BCUT2D eigenvalue weighted by molar-refractivity contribution is -0.384. The molecule has 0 radical (unpaired) electrons. The van der Waals surface area contributed by atoms with Crippen molar-refractivity contribution in [2.45, 2.75) is 13.0 Å². The molecule has 1 aliphatic heterocycles. The lowest BCUT2D eigenvalue weighted by atomic mass is 9.98. The summed E-state index contributed by atoms with van der Waals surface area (Å²) in [7, 11) is 0. The number of benzene rings is 2. The molecule has 0 fully saturated rings. The molecule has 21 heavy (non-hydrogen) atoms. The third-order valence-electron chi connectivity index (χ3n) is 3.77. The first-order valence-corrected chi connectivity index (χ1v) is 6.68. The number of nitro groups is 1. The number of hydrogen-bond acceptors (Lipinski definition) is 4. The van der Waals surface area contributed by atoms with Crippen LogP contribution in [0, 0.1) is 21.4 Å². The Kier molecular flexibility index (Phi) is 3.28. The van der Waals surface area contributed by atoms with Gasteiger partial charge in [0.15, 0.2) is 0 Å². The maximum Gasteiger partial charge on any atom is 0.269 e. The first kappa shape index (κ1) is 13.1. The van der Waals surface area contributed by atoms with Gasteiger partial charge in [0.1, 0.15) is 0 Å². The molecule has 0 N–H and O–H groups in total. The van der Waals surface area contributed by atoms with E-state index < -0.39 is 0 Å². The molecule has 1 aliphatic rings. The first-order valence-electron chi connectivity index (χ1n) is 6.68. The third kappa shape index (κ3) is 2.56. The zero-order chi connectivity index (χ0) is 14.8. The van der Waals surface area contributed by atoms with Crippen molar-refractivity contribution in [1.29, 1.82) is 5.26 Å². The van der Waals surface area contributed by atoms with Crippen molar-refractivity contribution in [2.75, 3.05) is 11.4 Å². The van der Waals surface area contributed by atoms with Crippen molar-refractivity contribution in [3.63, 3.8) is 0 Å². The van der Waals surface area contributed by atoms with Gasteiger partial charge in [-0.05, 0) is 41.8 Å². The fraction of sp³-hybridized carbons (Fsp3) is 0.188. The summed E-state index contributed by atoms with van der Waals surface area (Å²) < 4.78 is 0. The second-order valence-electron chi connectivity index (χ2n) is 5.04. The third-order valence-corrected chi connectivity index (χ3v) is 3.77. The average molecular weight is 279 g/mol. The largest absolute Gasteiger partial charge is 0.367 e. The van der Waals surface area contributed by atoms with Gasteiger partial charge in [-0.1, -0.05) is 6.07 Å². The van der Waals surface area contributed by atoms with Gasteiger partial charge in [0, 0.05) is 30.9 Å². The monoisotopic (exact) mass is 279 g/mol. The lowest BCUT2D eigenvalue weighted by Crippen LogP contribution is -2.30. The normalized spacial score (nSPS) is 13.4. The zero-order valence-corrected chi connectivity index (χ0v) is 11.3. The average Bonchev–Trinajstić information content (AvgIpc) is 2.54. The zero-order valence-electron chi connectivity index (χ0n) is 11.3. The fourth-order valence-corrected chi connectivity index (χ4v) is 2.62. The van der Waals surface area contributed by atoms with Crippen LogP contribution in [0.4, 0.5) is 11.4 Å². The van der Waals surface area contributed by atoms with Crippen LogP contribution in [-0.2, 0) is 13.0 Å². The molecule has 0 saturated carbocycles. The number of fused-ring (bicyclic) bond motifs is 1. The summed E-state index contributed by atoms with van der Waals surface area (Å²) in [4.78, 5) is 12.7. The summed E-state index contributed by atoms with van der Waals surface area (Å²) in [5.41, 5.74) is 3.97. The predicted octanol–water partition coefficient (Wildman–Crippen LogP) is 3.03. The van der Waals surface area contributed by atoms with E-state index in [2.05, 4.69) is 11.0 Å². The minimum atomic E-state index is -0.360. The van der Waals surface area contributed by atoms with Gasteiger partial charge < -0.3 is 4.90 Å². The Morgan fingerprint density at radius 1 is 1.14 bits per heavy atom. The minimum Gasteiger partial charge on any atom is -0.367 e. The van der Waals surface area contributed by atoms with Crippen molar-refractivity contribution in [3.8, 4) is 6.07 Å². The highest BCUT2D eigenvalue weighted by atomic mass is 16.6. The summed E-state index contributed by atoms with van der Waals surface area (Å²) >= 11 is 0. The standard InChI is InChI=1S/C16H13N3O2/c17-10-12-1-4-15(5-2-12)18-8-7-13-3-6-16(19(20)21)9-14(13)11-18/h1-6,9H,7-8,11H2. The van der Waals surface area contributed by atoms with Crippen LogP contribution in [-0.4, -0.2) is 11.5 Å². The topological polar surface area (TPSA) is 70.2 Å². The van der Waals surface area contributed by atoms with Crippen molar-refractivity contribution in [2.24, 2.45) is 0 Å². The van der Waals surface area contributed by atoms with Gasteiger partial charge in [-0.15, -0.1) is 0 Å². The summed E-state index contributed by atoms with van der Waals surface area (Å²) in [6, 6.07) is 14.6. The van der Waals surface area contributed by atoms with Gasteiger partial charge >= 0.3 is 0 Å². The molecular weight excluding hydrogens is 266 g/mol. The van der Waals surface area contributed by atoms with Crippen LogP contribution < -0.4 is 4.90 Å². The van der Waals surface area contributed by atoms with E-state index in [1.165, 1.54) is 5.56 Å². The number of non-ortho nitro benzene ring substituents is 1. The van der Waals surface area contributed by atoms with Crippen LogP contribution in [0.3, 0.4) is 0 Å². The SMILES string of the molecule is N#Cc1ccc(N2CCc3ccc([N+](=O)[O-])cc3C2)cc1. The van der Waals surface area contributed by atoms with Crippen molar-refractivity contribution in [1.82, 2.24) is 0 Å². The highest BCUT2D eigenvalue weighted by Crippen LogP contribution is 2.27. The Hall–Kier alpha value is -2.87. The van der Waals surface area contributed by atoms with Crippen LogP contribution in [0.1, 0.15) is 16.7 Å². The minimum absolute atomic E-state index is 0.135. The molecule has 0 unspecified atom stereocenters. The molecule has 0 aromatic heterocycles. The lowest BCUT2D eigenvalue weighted by Gasteiger charge is -2.30. The maximum absolute atomic E-state index is 10.9. The molecule has 0 bridgehead atoms. The molecule has 2 aromatic carbocycles. The van der Waals surface area contributed by atoms with Crippen molar-refractivity contribution < 1.29 is 4.92 Å². The molecule has 0 spiro atoms. The molecule has 2 aromatic rings. The van der Waals surface area contributed by atoms with E-state index in [4.69, 9.17) is 5.26 Å². The van der Waals surface area contributed by atoms with E-state index >= 15 is 0 Å². The summed E-state index contributed by atoms with van der Waals surface area (Å²) in [5.74, 6) is 0. The van der Waals surface area contributed by atoms with Gasteiger partial charge in [-0.3, -0.25) is 10.1 Å². The van der Waals surface area contributed by atoms with Crippen LogP contribution >= 0.6 is 0 Å². The van der Waals surface area contributed by atoms with Crippen LogP contribution in [0.25, 0.3) is 0 Å². The number of rotatable bonds is 2. The number of nitriles is 1. The number of hydrogen-bond donors (Lipinski definition) is 0. The molecule has 0 saturated heterocycles. The van der Waals surface area contributed by atoms with Gasteiger partial charge in [-0.25, -0.2) is 0 Å². The molecule has 3 rings (SSSR count). The fourth-order valence-electron chi connectivity index (χ4n) is 2.62. The number of anilines is 1. The first-order chi connectivity index (χ1) is 10.2. The summed E-state index contributed by atoms with van der Waals surface area (Å²) in [6.07, 6.45) is 0.868. The molecule has 104 valence electrons.